The van der Waals surface area contributed by atoms with Crippen molar-refractivity contribution in [3.8, 4) is 0 Å². The number of fused-ring (bicyclic) bond motifs is 2. The molecule has 31 heavy (non-hydrogen) atoms. The summed E-state index contributed by atoms with van der Waals surface area (Å²) < 4.78 is 8.30. The first-order valence-corrected chi connectivity index (χ1v) is 12.0. The van der Waals surface area contributed by atoms with E-state index in [0.29, 0.717) is 22.1 Å². The molecular weight excluding hydrogens is 454 g/mol. The van der Waals surface area contributed by atoms with Crippen LogP contribution in [0.1, 0.15) is 28.2 Å². The molecule has 0 spiro atoms. The summed E-state index contributed by atoms with van der Waals surface area (Å²) in [5, 5.41) is 7.98. The van der Waals surface area contributed by atoms with Crippen LogP contribution in [0.4, 0.5) is 5.69 Å². The summed E-state index contributed by atoms with van der Waals surface area (Å²) in [6, 6.07) is 10.4. The molecule has 0 aliphatic carbocycles. The molecule has 4 heterocycles. The Hall–Kier alpha value is -3.02. The number of nitrogens with zero attached hydrogens (tertiary/aromatic N) is 4. The maximum atomic E-state index is 12.3. The first kappa shape index (κ1) is 19.9. The molecule has 11 heteroatoms. The summed E-state index contributed by atoms with van der Waals surface area (Å²) in [7, 11) is 0. The van der Waals surface area contributed by atoms with Crippen molar-refractivity contribution >= 4 is 61.2 Å². The minimum Gasteiger partial charge on any atom is -0.459 e. The lowest BCUT2D eigenvalue weighted by Gasteiger charge is -2.02. The van der Waals surface area contributed by atoms with Gasteiger partial charge in [-0.1, -0.05) is 30.0 Å². The van der Waals surface area contributed by atoms with E-state index in [2.05, 4.69) is 20.4 Å². The van der Waals surface area contributed by atoms with Crippen molar-refractivity contribution in [3.63, 3.8) is 0 Å². The van der Waals surface area contributed by atoms with E-state index in [9.17, 15) is 9.59 Å². The molecule has 0 bridgehead atoms. The number of rotatable bonds is 6. The number of aryl methyl sites for hydroxylation is 1. The van der Waals surface area contributed by atoms with Crippen LogP contribution in [0.3, 0.4) is 0 Å². The van der Waals surface area contributed by atoms with Crippen LogP contribution in [0.25, 0.3) is 15.2 Å². The second-order valence-corrected chi connectivity index (χ2v) is 9.81. The molecule has 0 saturated heterocycles. The minimum atomic E-state index is -0.300. The number of benzene rings is 1. The number of thiazole rings is 1. The summed E-state index contributed by atoms with van der Waals surface area (Å²) in [6.45, 7) is 2.00. The second-order valence-electron chi connectivity index (χ2n) is 6.51. The van der Waals surface area contributed by atoms with Crippen LogP contribution in [0.5, 0.6) is 0 Å². The lowest BCUT2D eigenvalue weighted by Crippen LogP contribution is -2.15. The smallest absolute Gasteiger partial charge is 0.291 e. The van der Waals surface area contributed by atoms with Crippen molar-refractivity contribution < 1.29 is 9.21 Å². The first-order chi connectivity index (χ1) is 15.1. The molecule has 5 rings (SSSR count). The largest absolute Gasteiger partial charge is 0.459 e. The van der Waals surface area contributed by atoms with Gasteiger partial charge in [0.05, 0.1) is 22.2 Å². The van der Waals surface area contributed by atoms with Crippen LogP contribution in [-0.2, 0) is 12.2 Å². The van der Waals surface area contributed by atoms with Gasteiger partial charge in [0, 0.05) is 17.5 Å². The van der Waals surface area contributed by atoms with Crippen molar-refractivity contribution in [1.82, 2.24) is 19.6 Å². The van der Waals surface area contributed by atoms with Crippen LogP contribution in [0.2, 0.25) is 0 Å². The quantitative estimate of drug-likeness (QED) is 0.366. The number of furan rings is 1. The van der Waals surface area contributed by atoms with Gasteiger partial charge in [0.1, 0.15) is 5.01 Å². The summed E-state index contributed by atoms with van der Waals surface area (Å²) in [5.41, 5.74) is 2.05. The number of aromatic nitrogens is 4. The van der Waals surface area contributed by atoms with E-state index in [-0.39, 0.29) is 17.2 Å². The normalized spacial score (nSPS) is 11.4. The highest BCUT2D eigenvalue weighted by Crippen LogP contribution is 2.32. The molecule has 8 nitrogen and oxygen atoms in total. The van der Waals surface area contributed by atoms with Gasteiger partial charge >= 0.3 is 0 Å². The third kappa shape index (κ3) is 4.11. The standard InChI is InChI=1S/C20H15N5O3S3/c1-2-16-24-25-17(26)9-12(22-19(25)31-16)10-29-20-23-13-6-5-11(8-15(13)30-20)21-18(27)14-4-3-7-28-14/h3-9H,2,10H2,1H3,(H,21,27). The van der Waals surface area contributed by atoms with Gasteiger partial charge in [-0.25, -0.2) is 9.97 Å². The number of carbonyl (C=O) groups excluding carboxylic acids is 1. The number of carbonyl (C=O) groups is 1. The van der Waals surface area contributed by atoms with E-state index in [0.717, 1.165) is 26.0 Å². The van der Waals surface area contributed by atoms with Gasteiger partial charge in [0.2, 0.25) is 4.96 Å². The van der Waals surface area contributed by atoms with Gasteiger partial charge in [-0.3, -0.25) is 9.59 Å². The highest BCUT2D eigenvalue weighted by Gasteiger charge is 2.12. The number of amides is 1. The third-order valence-corrected chi connectivity index (χ3v) is 7.60. The summed E-state index contributed by atoms with van der Waals surface area (Å²) in [6.07, 6.45) is 2.23. The molecule has 0 fully saturated rings. The lowest BCUT2D eigenvalue weighted by molar-refractivity contribution is 0.0996. The number of nitrogens with one attached hydrogen (secondary N) is 1. The number of anilines is 1. The predicted octanol–water partition coefficient (Wildman–Crippen LogP) is 4.46. The summed E-state index contributed by atoms with van der Waals surface area (Å²) in [5.74, 6) is 0.492. The van der Waals surface area contributed by atoms with Crippen molar-refractivity contribution in [1.29, 1.82) is 0 Å². The highest BCUT2D eigenvalue weighted by atomic mass is 32.2. The Bertz CT molecular complexity index is 1450. The maximum Gasteiger partial charge on any atom is 0.291 e. The van der Waals surface area contributed by atoms with Crippen molar-refractivity contribution in [3.05, 3.63) is 69.5 Å². The van der Waals surface area contributed by atoms with E-state index < -0.39 is 0 Å². The molecule has 4 aromatic heterocycles. The van der Waals surface area contributed by atoms with Crippen LogP contribution in [0, 0.1) is 0 Å². The van der Waals surface area contributed by atoms with Crippen molar-refractivity contribution in [2.45, 2.75) is 23.4 Å². The van der Waals surface area contributed by atoms with Crippen LogP contribution >= 0.6 is 34.4 Å². The Labute approximate surface area is 188 Å². The first-order valence-electron chi connectivity index (χ1n) is 9.36. The van der Waals surface area contributed by atoms with E-state index >= 15 is 0 Å². The van der Waals surface area contributed by atoms with E-state index in [1.807, 2.05) is 25.1 Å². The average molecular weight is 470 g/mol. The Kier molecular flexibility index (Phi) is 5.30. The lowest BCUT2D eigenvalue weighted by atomic mass is 10.3. The zero-order valence-electron chi connectivity index (χ0n) is 16.2. The molecule has 0 unspecified atom stereocenters. The van der Waals surface area contributed by atoms with Gasteiger partial charge in [0.15, 0.2) is 10.1 Å². The van der Waals surface area contributed by atoms with Gasteiger partial charge in [-0.05, 0) is 36.8 Å². The van der Waals surface area contributed by atoms with Crippen LogP contribution < -0.4 is 10.9 Å². The Morgan fingerprint density at radius 2 is 2.13 bits per heavy atom. The molecule has 156 valence electrons. The summed E-state index contributed by atoms with van der Waals surface area (Å²) in [4.78, 5) is 34.3. The number of hydrogen-bond acceptors (Lipinski definition) is 9. The maximum absolute atomic E-state index is 12.3. The Morgan fingerprint density at radius 1 is 1.23 bits per heavy atom. The van der Waals surface area contributed by atoms with Crippen molar-refractivity contribution in [2.24, 2.45) is 0 Å². The minimum absolute atomic E-state index is 0.169. The molecule has 0 atom stereocenters. The van der Waals surface area contributed by atoms with E-state index in [1.54, 1.807) is 12.1 Å². The topological polar surface area (TPSA) is 102 Å². The molecule has 0 saturated carbocycles. The van der Waals surface area contributed by atoms with Crippen molar-refractivity contribution in [2.75, 3.05) is 5.32 Å². The Balaban J connectivity index is 1.32. The van der Waals surface area contributed by atoms with E-state index in [1.165, 1.54) is 51.3 Å². The van der Waals surface area contributed by atoms with Crippen LogP contribution in [0.15, 0.2) is 56.2 Å². The van der Waals surface area contributed by atoms with Gasteiger partial charge < -0.3 is 9.73 Å². The SMILES string of the molecule is CCc1nn2c(=O)cc(CSc3nc4ccc(NC(=O)c5ccco5)cc4s3)nc2s1. The molecule has 1 aromatic carbocycles. The fourth-order valence-electron chi connectivity index (χ4n) is 2.89. The molecule has 1 N–H and O–H groups in total. The highest BCUT2D eigenvalue weighted by molar-refractivity contribution is 8.00. The number of hydrogen-bond donors (Lipinski definition) is 1. The summed E-state index contributed by atoms with van der Waals surface area (Å²) >= 11 is 4.49. The fraction of sp³-hybridized carbons (Fsp3) is 0.150. The molecule has 5 aromatic rings. The average Bonchev–Trinajstić information content (AvgIpc) is 3.50. The molecular formula is C20H15N5O3S3. The van der Waals surface area contributed by atoms with Gasteiger partial charge in [0.25, 0.3) is 11.5 Å². The van der Waals surface area contributed by atoms with Gasteiger partial charge in [-0.15, -0.1) is 11.3 Å². The molecule has 0 radical (unpaired) electrons. The zero-order valence-corrected chi connectivity index (χ0v) is 18.6. The van der Waals surface area contributed by atoms with Gasteiger partial charge in [-0.2, -0.15) is 9.61 Å². The zero-order chi connectivity index (χ0) is 21.4. The van der Waals surface area contributed by atoms with E-state index in [4.69, 9.17) is 4.42 Å². The molecule has 1 amide bonds. The van der Waals surface area contributed by atoms with Crippen LogP contribution in [-0.4, -0.2) is 25.5 Å². The number of thioether (sulfide) groups is 1. The second kappa shape index (κ2) is 8.25. The molecule has 0 aliphatic rings. The Morgan fingerprint density at radius 3 is 2.94 bits per heavy atom. The predicted molar refractivity (Wildman–Crippen MR) is 122 cm³/mol. The molecule has 0 aliphatic heterocycles. The monoisotopic (exact) mass is 469 g/mol. The fourth-order valence-corrected chi connectivity index (χ4v) is 5.75. The third-order valence-electron chi connectivity index (χ3n) is 4.36.